The van der Waals surface area contributed by atoms with Crippen molar-refractivity contribution in [3.05, 3.63) is 34.2 Å². The van der Waals surface area contributed by atoms with Gasteiger partial charge in [-0.1, -0.05) is 26.0 Å². The van der Waals surface area contributed by atoms with Gasteiger partial charge in [-0.25, -0.2) is 4.98 Å². The van der Waals surface area contributed by atoms with Gasteiger partial charge in [0, 0.05) is 23.4 Å². The first-order chi connectivity index (χ1) is 10.4. The van der Waals surface area contributed by atoms with Crippen LogP contribution in [0.5, 0.6) is 0 Å². The highest BCUT2D eigenvalue weighted by Crippen LogP contribution is 2.36. The Morgan fingerprint density at radius 3 is 2.64 bits per heavy atom. The van der Waals surface area contributed by atoms with Crippen molar-refractivity contribution in [2.45, 2.75) is 40.0 Å². The molecule has 0 spiro atoms. The zero-order chi connectivity index (χ0) is 16.3. The first-order valence-electron chi connectivity index (χ1n) is 7.50. The monoisotopic (exact) mass is 317 g/mol. The van der Waals surface area contributed by atoms with Crippen molar-refractivity contribution in [3.8, 4) is 11.3 Å². The quantitative estimate of drug-likeness (QED) is 0.880. The van der Waals surface area contributed by atoms with Crippen LogP contribution in [0.3, 0.4) is 0 Å². The van der Waals surface area contributed by atoms with E-state index in [1.807, 2.05) is 0 Å². The normalized spacial score (nSPS) is 11.0. The van der Waals surface area contributed by atoms with Crippen LogP contribution in [0.25, 0.3) is 11.3 Å². The molecule has 1 aromatic carbocycles. The summed E-state index contributed by atoms with van der Waals surface area (Å²) in [6, 6.07) is 6.36. The highest BCUT2D eigenvalue weighted by atomic mass is 32.1. The van der Waals surface area contributed by atoms with Gasteiger partial charge in [-0.15, -0.1) is 11.3 Å². The van der Waals surface area contributed by atoms with Gasteiger partial charge in [0.25, 0.3) is 0 Å². The number of anilines is 1. The van der Waals surface area contributed by atoms with E-state index in [-0.39, 0.29) is 5.91 Å². The molecule has 3 N–H and O–H groups in total. The number of nitrogens with zero attached hydrogens (tertiary/aromatic N) is 1. The lowest BCUT2D eigenvalue weighted by molar-refractivity contribution is -0.116. The summed E-state index contributed by atoms with van der Waals surface area (Å²) in [5.74, 6) is 0.271. The number of aryl methyl sites for hydroxylation is 2. The minimum absolute atomic E-state index is 0.0850. The van der Waals surface area contributed by atoms with Crippen molar-refractivity contribution in [2.75, 3.05) is 11.9 Å². The molecule has 0 fully saturated rings. The molecule has 0 radical (unpaired) electrons. The summed E-state index contributed by atoms with van der Waals surface area (Å²) < 4.78 is 0. The van der Waals surface area contributed by atoms with Gasteiger partial charge in [0.05, 0.1) is 5.69 Å². The molecule has 22 heavy (non-hydrogen) atoms. The third kappa shape index (κ3) is 3.72. The molecule has 1 heterocycles. The van der Waals surface area contributed by atoms with E-state index >= 15 is 0 Å². The zero-order valence-corrected chi connectivity index (χ0v) is 14.4. The Labute approximate surface area is 135 Å². The largest absolute Gasteiger partial charge is 0.330 e. The molecule has 5 heteroatoms. The minimum atomic E-state index is -0.0850. The number of carbonyl (C=O) groups excluding carboxylic acids is 1. The summed E-state index contributed by atoms with van der Waals surface area (Å²) in [6.07, 6.45) is 0.315. The summed E-state index contributed by atoms with van der Waals surface area (Å²) >= 11 is 1.54. The Morgan fingerprint density at radius 1 is 1.32 bits per heavy atom. The fraction of sp³-hybridized carbons (Fsp3) is 0.412. The van der Waals surface area contributed by atoms with E-state index in [0.717, 1.165) is 11.3 Å². The first-order valence-corrected chi connectivity index (χ1v) is 8.32. The maximum Gasteiger partial charge on any atom is 0.227 e. The van der Waals surface area contributed by atoms with E-state index in [4.69, 9.17) is 5.73 Å². The molecule has 0 saturated carbocycles. The number of rotatable bonds is 5. The molecule has 0 aliphatic rings. The number of aromatic nitrogens is 1. The van der Waals surface area contributed by atoms with Crippen molar-refractivity contribution in [2.24, 2.45) is 5.73 Å². The molecule has 0 bridgehead atoms. The lowest BCUT2D eigenvalue weighted by Crippen LogP contribution is -2.15. The molecule has 1 amide bonds. The Balaban J connectivity index is 2.39. The third-order valence-electron chi connectivity index (χ3n) is 3.58. The predicted molar refractivity (Wildman–Crippen MR) is 93.4 cm³/mol. The fourth-order valence-electron chi connectivity index (χ4n) is 2.19. The number of amides is 1. The molecule has 4 nitrogen and oxygen atoms in total. The van der Waals surface area contributed by atoms with E-state index in [2.05, 4.69) is 56.2 Å². The van der Waals surface area contributed by atoms with E-state index in [1.54, 1.807) is 11.3 Å². The second-order valence-electron chi connectivity index (χ2n) is 5.77. The van der Waals surface area contributed by atoms with Gasteiger partial charge in [0.2, 0.25) is 5.91 Å². The number of nitrogens with two attached hydrogens (primary N) is 1. The van der Waals surface area contributed by atoms with E-state index in [0.29, 0.717) is 24.0 Å². The molecular formula is C17H23N3OS. The van der Waals surface area contributed by atoms with Crippen LogP contribution in [-0.4, -0.2) is 17.4 Å². The smallest absolute Gasteiger partial charge is 0.227 e. The van der Waals surface area contributed by atoms with Gasteiger partial charge < -0.3 is 11.1 Å². The van der Waals surface area contributed by atoms with Crippen LogP contribution in [0.2, 0.25) is 0 Å². The summed E-state index contributed by atoms with van der Waals surface area (Å²) in [5.41, 5.74) is 9.98. The fourth-order valence-corrected chi connectivity index (χ4v) is 3.19. The van der Waals surface area contributed by atoms with E-state index in [1.165, 1.54) is 16.0 Å². The summed E-state index contributed by atoms with van der Waals surface area (Å²) in [4.78, 5) is 17.5. The molecule has 0 aliphatic heterocycles. The number of thiazole rings is 1. The second-order valence-corrected chi connectivity index (χ2v) is 6.80. The molecule has 0 atom stereocenters. The molecule has 118 valence electrons. The number of hydrogen-bond donors (Lipinski definition) is 2. The maximum absolute atomic E-state index is 11.7. The molecule has 0 saturated heterocycles. The SMILES string of the molecule is Cc1ccc(-c2nc(NC(=O)CCN)sc2C(C)C)cc1C. The Morgan fingerprint density at radius 2 is 2.05 bits per heavy atom. The van der Waals surface area contributed by atoms with Crippen LogP contribution >= 0.6 is 11.3 Å². The third-order valence-corrected chi connectivity index (χ3v) is 4.85. The first kappa shape index (κ1) is 16.6. The van der Waals surface area contributed by atoms with Crippen molar-refractivity contribution in [3.63, 3.8) is 0 Å². The molecule has 2 rings (SSSR count). The maximum atomic E-state index is 11.7. The van der Waals surface area contributed by atoms with Gasteiger partial charge in [-0.2, -0.15) is 0 Å². The van der Waals surface area contributed by atoms with Crippen molar-refractivity contribution in [1.82, 2.24) is 4.98 Å². The Hall–Kier alpha value is -1.72. The van der Waals surface area contributed by atoms with Crippen LogP contribution in [0.1, 0.15) is 42.2 Å². The van der Waals surface area contributed by atoms with Crippen molar-refractivity contribution < 1.29 is 4.79 Å². The lowest BCUT2D eigenvalue weighted by atomic mass is 10.0. The predicted octanol–water partition coefficient (Wildman–Crippen LogP) is 3.84. The summed E-state index contributed by atoms with van der Waals surface area (Å²) in [5, 5.41) is 3.49. The van der Waals surface area contributed by atoms with E-state index in [9.17, 15) is 4.79 Å². The number of nitrogens with one attached hydrogen (secondary N) is 1. The highest BCUT2D eigenvalue weighted by Gasteiger charge is 2.17. The molecule has 0 unspecified atom stereocenters. The van der Waals surface area contributed by atoms with Crippen LogP contribution in [0, 0.1) is 13.8 Å². The average Bonchev–Trinajstić information content (AvgIpc) is 2.86. The molecular weight excluding hydrogens is 294 g/mol. The minimum Gasteiger partial charge on any atom is -0.330 e. The van der Waals surface area contributed by atoms with E-state index < -0.39 is 0 Å². The van der Waals surface area contributed by atoms with Crippen LogP contribution < -0.4 is 11.1 Å². The van der Waals surface area contributed by atoms with Crippen LogP contribution in [-0.2, 0) is 4.79 Å². The van der Waals surface area contributed by atoms with Gasteiger partial charge in [0.15, 0.2) is 5.13 Å². The Bertz CT molecular complexity index is 677. The molecule has 0 aliphatic carbocycles. The average molecular weight is 317 g/mol. The van der Waals surface area contributed by atoms with Crippen molar-refractivity contribution in [1.29, 1.82) is 0 Å². The van der Waals surface area contributed by atoms with Gasteiger partial charge in [0.1, 0.15) is 0 Å². The zero-order valence-electron chi connectivity index (χ0n) is 13.6. The number of carbonyl (C=O) groups is 1. The number of hydrogen-bond acceptors (Lipinski definition) is 4. The van der Waals surface area contributed by atoms with Gasteiger partial charge >= 0.3 is 0 Å². The second kappa shape index (κ2) is 7.03. The van der Waals surface area contributed by atoms with Crippen LogP contribution in [0.15, 0.2) is 18.2 Å². The lowest BCUT2D eigenvalue weighted by Gasteiger charge is -2.07. The van der Waals surface area contributed by atoms with Crippen molar-refractivity contribution >= 4 is 22.4 Å². The molecule has 2 aromatic rings. The summed E-state index contributed by atoms with van der Waals surface area (Å²) in [6.45, 7) is 8.83. The van der Waals surface area contributed by atoms with Crippen LogP contribution in [0.4, 0.5) is 5.13 Å². The Kier molecular flexibility index (Phi) is 5.32. The topological polar surface area (TPSA) is 68.0 Å². The number of benzene rings is 1. The van der Waals surface area contributed by atoms with Gasteiger partial charge in [-0.3, -0.25) is 4.79 Å². The van der Waals surface area contributed by atoms with Gasteiger partial charge in [-0.05, 0) is 37.0 Å². The highest BCUT2D eigenvalue weighted by molar-refractivity contribution is 7.16. The molecule has 1 aromatic heterocycles. The summed E-state index contributed by atoms with van der Waals surface area (Å²) in [7, 11) is 0. The standard InChI is InChI=1S/C17H23N3OS/c1-10(2)16-15(13-6-5-11(3)12(4)9-13)20-17(22-16)19-14(21)7-8-18/h5-6,9-10H,7-8,18H2,1-4H3,(H,19,20,21).